The fourth-order valence-electron chi connectivity index (χ4n) is 2.91. The summed E-state index contributed by atoms with van der Waals surface area (Å²) in [4.78, 5) is 51.6. The van der Waals surface area contributed by atoms with Crippen LogP contribution in [-0.2, 0) is 14.4 Å². The van der Waals surface area contributed by atoms with Crippen molar-refractivity contribution in [1.82, 2.24) is 10.4 Å². The van der Waals surface area contributed by atoms with E-state index in [9.17, 15) is 19.2 Å². The van der Waals surface area contributed by atoms with E-state index in [0.29, 0.717) is 10.8 Å². The first-order valence-electron chi connectivity index (χ1n) is 8.28. The maximum Gasteiger partial charge on any atom is 0.363 e. The second kappa shape index (κ2) is 7.33. The van der Waals surface area contributed by atoms with Crippen molar-refractivity contribution in [2.24, 2.45) is 0 Å². The van der Waals surface area contributed by atoms with Crippen LogP contribution >= 0.6 is 0 Å². The molecule has 2 N–H and O–H groups in total. The fourth-order valence-corrected chi connectivity index (χ4v) is 2.91. The molecular weight excluding hydrogens is 326 g/mol. The Kier molecular flexibility index (Phi) is 4.97. The third-order valence-corrected chi connectivity index (χ3v) is 4.25. The Hall–Kier alpha value is -2.90. The van der Waals surface area contributed by atoms with Gasteiger partial charge in [0.2, 0.25) is 0 Å². The Bertz CT molecular complexity index is 679. The summed E-state index contributed by atoms with van der Waals surface area (Å²) in [5, 5.41) is 6.10. The zero-order valence-corrected chi connectivity index (χ0v) is 13.6. The number of hydrogen-bond acceptors (Lipinski definition) is 5. The predicted octanol–water partition coefficient (Wildman–Crippen LogP) is 1.97. The number of anilines is 1. The fraction of sp³-hybridized carbons (Fsp3) is 0.412. The summed E-state index contributed by atoms with van der Waals surface area (Å²) >= 11 is 0. The molecule has 0 radical (unpaired) electrons. The van der Waals surface area contributed by atoms with Crippen molar-refractivity contribution in [3.8, 4) is 0 Å². The number of hydrogen-bond donors (Lipinski definition) is 2. The number of nitrogens with one attached hydrogen (secondary N) is 2. The van der Waals surface area contributed by atoms with Crippen LogP contribution in [0.15, 0.2) is 24.3 Å². The highest BCUT2D eigenvalue weighted by Gasteiger charge is 2.33. The first kappa shape index (κ1) is 16.9. The molecule has 132 valence electrons. The van der Waals surface area contributed by atoms with Crippen LogP contribution in [0.1, 0.15) is 48.9 Å². The van der Waals surface area contributed by atoms with Crippen molar-refractivity contribution in [2.45, 2.75) is 44.6 Å². The summed E-state index contributed by atoms with van der Waals surface area (Å²) in [5.41, 5.74) is 0.703. The normalized spacial score (nSPS) is 17.7. The molecule has 1 aromatic carbocycles. The van der Waals surface area contributed by atoms with Crippen LogP contribution in [0.2, 0.25) is 0 Å². The van der Waals surface area contributed by atoms with Gasteiger partial charge in [-0.15, -0.1) is 5.06 Å². The summed E-state index contributed by atoms with van der Waals surface area (Å²) in [6, 6.07) is 5.95. The molecule has 1 aliphatic heterocycles. The highest BCUT2D eigenvalue weighted by Crippen LogP contribution is 2.18. The minimum atomic E-state index is -0.800. The zero-order valence-electron chi connectivity index (χ0n) is 13.6. The van der Waals surface area contributed by atoms with Gasteiger partial charge in [0.1, 0.15) is 0 Å². The quantitative estimate of drug-likeness (QED) is 0.812. The average Bonchev–Trinajstić information content (AvgIpc) is 3.20. The number of hydroxylamine groups is 2. The van der Waals surface area contributed by atoms with E-state index in [-0.39, 0.29) is 30.5 Å². The van der Waals surface area contributed by atoms with Crippen molar-refractivity contribution in [1.29, 1.82) is 0 Å². The highest BCUT2D eigenvalue weighted by atomic mass is 16.7. The minimum Gasteiger partial charge on any atom is -0.335 e. The Morgan fingerprint density at radius 1 is 1.00 bits per heavy atom. The van der Waals surface area contributed by atoms with Crippen LogP contribution in [-0.4, -0.2) is 34.9 Å². The van der Waals surface area contributed by atoms with Gasteiger partial charge in [-0.1, -0.05) is 12.8 Å². The lowest BCUT2D eigenvalue weighted by molar-refractivity contribution is -0.172. The molecule has 1 aliphatic carbocycles. The summed E-state index contributed by atoms with van der Waals surface area (Å²) < 4.78 is 0. The molecule has 0 unspecified atom stereocenters. The molecule has 2 aliphatic rings. The molecule has 0 aromatic heterocycles. The summed E-state index contributed by atoms with van der Waals surface area (Å²) in [7, 11) is 0. The number of amides is 4. The van der Waals surface area contributed by atoms with Crippen LogP contribution in [0.5, 0.6) is 0 Å². The van der Waals surface area contributed by atoms with Gasteiger partial charge in [0.25, 0.3) is 11.8 Å². The molecule has 1 heterocycles. The third-order valence-electron chi connectivity index (χ3n) is 4.25. The van der Waals surface area contributed by atoms with E-state index < -0.39 is 17.8 Å². The highest BCUT2D eigenvalue weighted by molar-refractivity contribution is 6.02. The maximum absolute atomic E-state index is 12.0. The molecule has 0 bridgehead atoms. The van der Waals surface area contributed by atoms with E-state index in [2.05, 4.69) is 10.6 Å². The summed E-state index contributed by atoms with van der Waals surface area (Å²) in [5.74, 6) is -1.86. The molecule has 1 saturated carbocycles. The minimum absolute atomic E-state index is 0.0467. The zero-order chi connectivity index (χ0) is 17.8. The Labute approximate surface area is 144 Å². The second-order valence-electron chi connectivity index (χ2n) is 6.12. The van der Waals surface area contributed by atoms with Crippen molar-refractivity contribution in [3.05, 3.63) is 29.8 Å². The van der Waals surface area contributed by atoms with E-state index >= 15 is 0 Å². The van der Waals surface area contributed by atoms with Gasteiger partial charge in [0.15, 0.2) is 0 Å². The van der Waals surface area contributed by atoms with E-state index in [1.165, 1.54) is 12.1 Å². The van der Waals surface area contributed by atoms with Gasteiger partial charge in [-0.25, -0.2) is 9.59 Å². The van der Waals surface area contributed by atoms with Crippen molar-refractivity contribution in [2.75, 3.05) is 5.32 Å². The van der Waals surface area contributed by atoms with Gasteiger partial charge in [-0.05, 0) is 37.1 Å². The number of benzene rings is 1. The number of nitrogens with zero attached hydrogens (tertiary/aromatic N) is 1. The average molecular weight is 345 g/mol. The first-order valence-corrected chi connectivity index (χ1v) is 8.28. The van der Waals surface area contributed by atoms with Gasteiger partial charge in [0.05, 0.1) is 5.56 Å². The molecule has 8 nitrogen and oxygen atoms in total. The maximum atomic E-state index is 12.0. The number of carbonyl (C=O) groups excluding carboxylic acids is 4. The van der Waals surface area contributed by atoms with Gasteiger partial charge < -0.3 is 15.5 Å². The summed E-state index contributed by atoms with van der Waals surface area (Å²) in [6.45, 7) is 0. The third kappa shape index (κ3) is 4.14. The number of urea groups is 1. The van der Waals surface area contributed by atoms with E-state index in [1.807, 2.05) is 0 Å². The standard InChI is InChI=1S/C17H19N3O5/c21-14-9-10-15(22)20(14)25-16(23)11-5-7-13(8-6-11)19-17(24)18-12-3-1-2-4-12/h5-8,12H,1-4,9-10H2,(H2,18,19,24). The molecule has 8 heteroatoms. The van der Waals surface area contributed by atoms with Crippen LogP contribution in [0.4, 0.5) is 10.5 Å². The Morgan fingerprint density at radius 3 is 2.20 bits per heavy atom. The Morgan fingerprint density at radius 2 is 1.60 bits per heavy atom. The van der Waals surface area contributed by atoms with Gasteiger partial charge in [0, 0.05) is 24.6 Å². The lowest BCUT2D eigenvalue weighted by Crippen LogP contribution is -2.36. The number of imide groups is 1. The van der Waals surface area contributed by atoms with Gasteiger partial charge >= 0.3 is 12.0 Å². The number of rotatable bonds is 4. The Balaban J connectivity index is 1.54. The molecule has 1 saturated heterocycles. The molecule has 3 rings (SSSR count). The monoisotopic (exact) mass is 345 g/mol. The summed E-state index contributed by atoms with van der Waals surface area (Å²) in [6.07, 6.45) is 4.34. The molecule has 0 atom stereocenters. The van der Waals surface area contributed by atoms with E-state index in [0.717, 1.165) is 25.7 Å². The largest absolute Gasteiger partial charge is 0.363 e. The molecular formula is C17H19N3O5. The lowest BCUT2D eigenvalue weighted by Gasteiger charge is -2.14. The van der Waals surface area contributed by atoms with E-state index in [4.69, 9.17) is 4.84 Å². The van der Waals surface area contributed by atoms with Crippen LogP contribution in [0.3, 0.4) is 0 Å². The van der Waals surface area contributed by atoms with Crippen LogP contribution in [0, 0.1) is 0 Å². The van der Waals surface area contributed by atoms with Crippen LogP contribution < -0.4 is 10.6 Å². The second-order valence-corrected chi connectivity index (χ2v) is 6.12. The van der Waals surface area contributed by atoms with Crippen molar-refractivity contribution >= 4 is 29.5 Å². The molecule has 4 amide bonds. The van der Waals surface area contributed by atoms with Crippen molar-refractivity contribution < 1.29 is 24.0 Å². The van der Waals surface area contributed by atoms with Gasteiger partial charge in [-0.2, -0.15) is 0 Å². The van der Waals surface area contributed by atoms with E-state index in [1.54, 1.807) is 12.1 Å². The predicted molar refractivity (Wildman–Crippen MR) is 87.4 cm³/mol. The molecule has 0 spiro atoms. The number of carbonyl (C=O) groups is 4. The topological polar surface area (TPSA) is 105 Å². The lowest BCUT2D eigenvalue weighted by atomic mass is 10.2. The van der Waals surface area contributed by atoms with Crippen LogP contribution in [0.25, 0.3) is 0 Å². The first-order chi connectivity index (χ1) is 12.0. The smallest absolute Gasteiger partial charge is 0.335 e. The SMILES string of the molecule is O=C(Nc1ccc(C(=O)ON2C(=O)CCC2=O)cc1)NC1CCCC1. The van der Waals surface area contributed by atoms with Gasteiger partial charge in [-0.3, -0.25) is 9.59 Å². The molecule has 1 aromatic rings. The molecule has 2 fully saturated rings. The van der Waals surface area contributed by atoms with Crippen molar-refractivity contribution in [3.63, 3.8) is 0 Å². The molecule has 25 heavy (non-hydrogen) atoms.